The van der Waals surface area contributed by atoms with Gasteiger partial charge in [-0.25, -0.2) is 4.79 Å². The summed E-state index contributed by atoms with van der Waals surface area (Å²) in [6.07, 6.45) is 1.92. The normalized spacial score (nSPS) is 11.8. The fourth-order valence-electron chi connectivity index (χ4n) is 0.690. The van der Waals surface area contributed by atoms with Gasteiger partial charge in [-0.05, 0) is 13.3 Å². The van der Waals surface area contributed by atoms with Crippen LogP contribution in [0.5, 0.6) is 0 Å². The number of carbonyl (C=O) groups excluding carboxylic acids is 1. The molecular weight excluding hydrogens is 158 g/mol. The number of amides is 1. The quantitative estimate of drug-likeness (QED) is 0.601. The molecule has 0 aliphatic carbocycles. The Labute approximate surface area is 72.2 Å². The maximum atomic E-state index is 10.8. The van der Waals surface area contributed by atoms with Gasteiger partial charge in [0.05, 0.1) is 6.61 Å². The lowest BCUT2D eigenvalue weighted by molar-refractivity contribution is 0.117. The third kappa shape index (κ3) is 5.73. The molecule has 0 heterocycles. The van der Waals surface area contributed by atoms with Crippen molar-refractivity contribution < 1.29 is 14.6 Å². The van der Waals surface area contributed by atoms with E-state index in [0.717, 1.165) is 0 Å². The third-order valence-electron chi connectivity index (χ3n) is 1.21. The van der Waals surface area contributed by atoms with Crippen LogP contribution in [0.2, 0.25) is 0 Å². The third-order valence-corrected chi connectivity index (χ3v) is 1.21. The summed E-state index contributed by atoms with van der Waals surface area (Å²) in [7, 11) is 0. The number of nitrogens with one attached hydrogen (secondary N) is 1. The highest BCUT2D eigenvalue weighted by molar-refractivity contribution is 5.67. The average molecular weight is 173 g/mol. The van der Waals surface area contributed by atoms with E-state index in [1.807, 2.05) is 6.92 Å². The van der Waals surface area contributed by atoms with Gasteiger partial charge in [0.1, 0.15) is 6.61 Å². The van der Waals surface area contributed by atoms with Gasteiger partial charge in [-0.15, -0.1) is 6.58 Å². The highest BCUT2D eigenvalue weighted by atomic mass is 16.6. The second kappa shape index (κ2) is 6.67. The van der Waals surface area contributed by atoms with Gasteiger partial charge >= 0.3 is 6.09 Å². The minimum absolute atomic E-state index is 0.0219. The highest BCUT2D eigenvalue weighted by Crippen LogP contribution is 1.91. The predicted octanol–water partition coefficient (Wildman–Crippen LogP) is 0.669. The number of alkyl carbamates (subject to hydrolysis) is 1. The number of ether oxygens (including phenoxy) is 1. The van der Waals surface area contributed by atoms with Crippen molar-refractivity contribution in [3.63, 3.8) is 0 Å². The average Bonchev–Trinajstić information content (AvgIpc) is 2.01. The van der Waals surface area contributed by atoms with E-state index in [1.54, 1.807) is 6.08 Å². The lowest BCUT2D eigenvalue weighted by Gasteiger charge is -2.10. The summed E-state index contributed by atoms with van der Waals surface area (Å²) in [6, 6.07) is 0.0219. The first-order chi connectivity index (χ1) is 5.70. The molecule has 4 heteroatoms. The number of rotatable bonds is 5. The predicted molar refractivity (Wildman–Crippen MR) is 45.8 cm³/mol. The van der Waals surface area contributed by atoms with Gasteiger partial charge in [-0.2, -0.15) is 0 Å². The summed E-state index contributed by atoms with van der Waals surface area (Å²) in [5.74, 6) is 0. The van der Waals surface area contributed by atoms with Crippen LogP contribution >= 0.6 is 0 Å². The zero-order valence-corrected chi connectivity index (χ0v) is 7.25. The van der Waals surface area contributed by atoms with Gasteiger partial charge in [0.25, 0.3) is 0 Å². The van der Waals surface area contributed by atoms with E-state index in [2.05, 4.69) is 16.6 Å². The SMILES string of the molecule is C=CCC(C)NC(=O)OCCO. The fourth-order valence-corrected chi connectivity index (χ4v) is 0.690. The van der Waals surface area contributed by atoms with Crippen LogP contribution in [-0.2, 0) is 4.74 Å². The van der Waals surface area contributed by atoms with Crippen LogP contribution in [0.25, 0.3) is 0 Å². The maximum absolute atomic E-state index is 10.8. The van der Waals surface area contributed by atoms with Crippen LogP contribution in [0.15, 0.2) is 12.7 Å². The van der Waals surface area contributed by atoms with E-state index in [-0.39, 0.29) is 19.3 Å². The molecular formula is C8H15NO3. The van der Waals surface area contributed by atoms with E-state index in [0.29, 0.717) is 6.42 Å². The molecule has 2 N–H and O–H groups in total. The van der Waals surface area contributed by atoms with Gasteiger partial charge in [0, 0.05) is 6.04 Å². The molecule has 1 atom stereocenters. The Kier molecular flexibility index (Phi) is 6.09. The fraction of sp³-hybridized carbons (Fsp3) is 0.625. The molecule has 0 bridgehead atoms. The number of aliphatic hydroxyl groups excluding tert-OH is 1. The zero-order chi connectivity index (χ0) is 9.40. The minimum atomic E-state index is -0.501. The van der Waals surface area contributed by atoms with Crippen LogP contribution < -0.4 is 5.32 Å². The summed E-state index contributed by atoms with van der Waals surface area (Å²) in [5, 5.41) is 10.9. The van der Waals surface area contributed by atoms with Crippen molar-refractivity contribution >= 4 is 6.09 Å². The van der Waals surface area contributed by atoms with Gasteiger partial charge in [0.15, 0.2) is 0 Å². The Hall–Kier alpha value is -1.03. The summed E-state index contributed by atoms with van der Waals surface area (Å²) in [5.41, 5.74) is 0. The Morgan fingerprint density at radius 2 is 2.50 bits per heavy atom. The number of hydrogen-bond acceptors (Lipinski definition) is 3. The van der Waals surface area contributed by atoms with Crippen LogP contribution in [0.4, 0.5) is 4.79 Å². The van der Waals surface area contributed by atoms with E-state index in [1.165, 1.54) is 0 Å². The molecule has 0 aliphatic rings. The first-order valence-corrected chi connectivity index (χ1v) is 3.85. The molecule has 1 amide bonds. The van der Waals surface area contributed by atoms with Gasteiger partial charge in [-0.3, -0.25) is 0 Å². The van der Waals surface area contributed by atoms with Crippen molar-refractivity contribution in [1.29, 1.82) is 0 Å². The molecule has 0 saturated carbocycles. The molecule has 70 valence electrons. The first-order valence-electron chi connectivity index (χ1n) is 3.85. The van der Waals surface area contributed by atoms with E-state index in [9.17, 15) is 4.79 Å². The molecule has 0 spiro atoms. The Morgan fingerprint density at radius 3 is 3.00 bits per heavy atom. The summed E-state index contributed by atoms with van der Waals surface area (Å²) in [4.78, 5) is 10.8. The lowest BCUT2D eigenvalue weighted by Crippen LogP contribution is -2.33. The molecule has 0 saturated heterocycles. The molecule has 0 fully saturated rings. The molecule has 0 rings (SSSR count). The molecule has 0 aromatic carbocycles. The number of carbonyl (C=O) groups is 1. The molecule has 12 heavy (non-hydrogen) atoms. The topological polar surface area (TPSA) is 58.6 Å². The van der Waals surface area contributed by atoms with Crippen LogP contribution in [0.1, 0.15) is 13.3 Å². The van der Waals surface area contributed by atoms with Crippen LogP contribution in [0, 0.1) is 0 Å². The molecule has 0 aromatic rings. The monoisotopic (exact) mass is 173 g/mol. The minimum Gasteiger partial charge on any atom is -0.447 e. The standard InChI is InChI=1S/C8H15NO3/c1-3-4-7(2)9-8(11)12-6-5-10/h3,7,10H,1,4-6H2,2H3,(H,9,11). The summed E-state index contributed by atoms with van der Waals surface area (Å²) < 4.78 is 4.57. The van der Waals surface area contributed by atoms with Crippen molar-refractivity contribution in [1.82, 2.24) is 5.32 Å². The van der Waals surface area contributed by atoms with E-state index >= 15 is 0 Å². The highest BCUT2D eigenvalue weighted by Gasteiger charge is 2.05. The summed E-state index contributed by atoms with van der Waals surface area (Å²) in [6.45, 7) is 5.27. The largest absolute Gasteiger partial charge is 0.447 e. The number of hydrogen-bond donors (Lipinski definition) is 2. The zero-order valence-electron chi connectivity index (χ0n) is 7.25. The molecule has 0 aliphatic heterocycles. The second-order valence-electron chi connectivity index (χ2n) is 2.43. The van der Waals surface area contributed by atoms with Gasteiger partial charge < -0.3 is 15.2 Å². The smallest absolute Gasteiger partial charge is 0.407 e. The Balaban J connectivity index is 3.46. The number of aliphatic hydroxyl groups is 1. The van der Waals surface area contributed by atoms with Crippen molar-refractivity contribution in [2.45, 2.75) is 19.4 Å². The van der Waals surface area contributed by atoms with E-state index in [4.69, 9.17) is 5.11 Å². The van der Waals surface area contributed by atoms with Crippen molar-refractivity contribution in [3.05, 3.63) is 12.7 Å². The molecule has 0 aromatic heterocycles. The molecule has 1 unspecified atom stereocenters. The molecule has 0 radical (unpaired) electrons. The Morgan fingerprint density at radius 1 is 1.83 bits per heavy atom. The first kappa shape index (κ1) is 11.0. The van der Waals surface area contributed by atoms with Gasteiger partial charge in [-0.1, -0.05) is 6.08 Å². The van der Waals surface area contributed by atoms with E-state index < -0.39 is 6.09 Å². The van der Waals surface area contributed by atoms with Crippen LogP contribution in [0.3, 0.4) is 0 Å². The van der Waals surface area contributed by atoms with Gasteiger partial charge in [0.2, 0.25) is 0 Å². The second-order valence-corrected chi connectivity index (χ2v) is 2.43. The van der Waals surface area contributed by atoms with Crippen molar-refractivity contribution in [2.24, 2.45) is 0 Å². The Bertz CT molecular complexity index is 147. The maximum Gasteiger partial charge on any atom is 0.407 e. The van der Waals surface area contributed by atoms with Crippen molar-refractivity contribution in [3.8, 4) is 0 Å². The lowest BCUT2D eigenvalue weighted by atomic mass is 10.2. The molecule has 4 nitrogen and oxygen atoms in total. The van der Waals surface area contributed by atoms with Crippen molar-refractivity contribution in [2.75, 3.05) is 13.2 Å². The van der Waals surface area contributed by atoms with Crippen LogP contribution in [-0.4, -0.2) is 30.5 Å². The summed E-state index contributed by atoms with van der Waals surface area (Å²) >= 11 is 0.